The summed E-state index contributed by atoms with van der Waals surface area (Å²) in [4.78, 5) is 39.6. The van der Waals surface area contributed by atoms with Gasteiger partial charge in [0.2, 0.25) is 5.91 Å². The average molecular weight is 395 g/mol. The Balaban J connectivity index is 1.47. The lowest BCUT2D eigenvalue weighted by Crippen LogP contribution is -2.30. The maximum absolute atomic E-state index is 12.2. The van der Waals surface area contributed by atoms with Gasteiger partial charge in [-0.3, -0.25) is 14.4 Å². The summed E-state index contributed by atoms with van der Waals surface area (Å²) in [5.74, 6) is -0.705. The number of carbonyl (C=O) groups is 3. The van der Waals surface area contributed by atoms with Gasteiger partial charge in [-0.05, 0) is 43.3 Å². The normalized spacial score (nSPS) is 11.7. The number of aromatic nitrogens is 1. The van der Waals surface area contributed by atoms with Crippen LogP contribution in [0.25, 0.3) is 11.1 Å². The van der Waals surface area contributed by atoms with E-state index in [4.69, 9.17) is 9.15 Å². The minimum atomic E-state index is -0.957. The van der Waals surface area contributed by atoms with E-state index in [9.17, 15) is 14.4 Å². The Morgan fingerprint density at radius 3 is 2.34 bits per heavy atom. The summed E-state index contributed by atoms with van der Waals surface area (Å²) in [6, 6.07) is 13.9. The van der Waals surface area contributed by atoms with Crippen molar-refractivity contribution in [2.75, 3.05) is 10.6 Å². The molecule has 2 N–H and O–H groups in total. The number of ether oxygens (including phenoxy) is 1. The van der Waals surface area contributed by atoms with E-state index in [0.29, 0.717) is 22.8 Å². The maximum atomic E-state index is 12.2. The van der Waals surface area contributed by atoms with Crippen LogP contribution in [0.4, 0.5) is 11.4 Å². The SMILES string of the molecule is CC(=O)Nc1ccc(NC(=O)[C@H](C)OC(=O)CCc2nc3ccccc3o2)cc1. The highest BCUT2D eigenvalue weighted by atomic mass is 16.5. The van der Waals surface area contributed by atoms with E-state index < -0.39 is 18.0 Å². The number of oxazole rings is 1. The number of nitrogens with zero attached hydrogens (tertiary/aromatic N) is 1. The number of benzene rings is 2. The van der Waals surface area contributed by atoms with Gasteiger partial charge in [-0.1, -0.05) is 12.1 Å². The first-order chi connectivity index (χ1) is 13.9. The molecule has 2 amide bonds. The van der Waals surface area contributed by atoms with E-state index in [-0.39, 0.29) is 18.7 Å². The number of amides is 2. The molecule has 0 fully saturated rings. The van der Waals surface area contributed by atoms with E-state index in [1.165, 1.54) is 13.8 Å². The maximum Gasteiger partial charge on any atom is 0.307 e. The second kappa shape index (κ2) is 9.01. The third kappa shape index (κ3) is 5.65. The lowest BCUT2D eigenvalue weighted by atomic mass is 10.2. The molecule has 0 aliphatic heterocycles. The minimum Gasteiger partial charge on any atom is -0.453 e. The van der Waals surface area contributed by atoms with Crippen molar-refractivity contribution in [3.05, 3.63) is 54.4 Å². The first kappa shape index (κ1) is 20.1. The molecule has 0 saturated heterocycles. The summed E-state index contributed by atoms with van der Waals surface area (Å²) in [7, 11) is 0. The van der Waals surface area contributed by atoms with Gasteiger partial charge < -0.3 is 19.8 Å². The fraction of sp³-hybridized carbons (Fsp3) is 0.238. The van der Waals surface area contributed by atoms with Crippen molar-refractivity contribution in [3.8, 4) is 0 Å². The molecule has 29 heavy (non-hydrogen) atoms. The van der Waals surface area contributed by atoms with Crippen LogP contribution in [0.5, 0.6) is 0 Å². The molecule has 1 aromatic heterocycles. The number of anilines is 2. The Hall–Kier alpha value is -3.68. The molecule has 0 unspecified atom stereocenters. The molecule has 0 aliphatic carbocycles. The molecular weight excluding hydrogens is 374 g/mol. The van der Waals surface area contributed by atoms with Crippen molar-refractivity contribution in [1.82, 2.24) is 4.98 Å². The van der Waals surface area contributed by atoms with Gasteiger partial charge >= 0.3 is 5.97 Å². The van der Waals surface area contributed by atoms with E-state index in [1.54, 1.807) is 30.3 Å². The van der Waals surface area contributed by atoms with Crippen LogP contribution in [0.15, 0.2) is 52.9 Å². The summed E-state index contributed by atoms with van der Waals surface area (Å²) < 4.78 is 10.7. The van der Waals surface area contributed by atoms with Gasteiger partial charge in [-0.15, -0.1) is 0 Å². The molecule has 8 heteroatoms. The lowest BCUT2D eigenvalue weighted by Gasteiger charge is -2.13. The third-order valence-electron chi connectivity index (χ3n) is 4.03. The van der Waals surface area contributed by atoms with Gasteiger partial charge in [0, 0.05) is 24.7 Å². The number of carbonyl (C=O) groups excluding carboxylic acids is 3. The molecule has 0 saturated carbocycles. The van der Waals surface area contributed by atoms with Crippen LogP contribution in [0.2, 0.25) is 0 Å². The van der Waals surface area contributed by atoms with Crippen molar-refractivity contribution in [2.24, 2.45) is 0 Å². The molecule has 0 aliphatic rings. The van der Waals surface area contributed by atoms with Crippen molar-refractivity contribution in [2.45, 2.75) is 32.8 Å². The Bertz CT molecular complexity index is 993. The Morgan fingerprint density at radius 2 is 1.69 bits per heavy atom. The zero-order valence-corrected chi connectivity index (χ0v) is 16.1. The summed E-state index contributed by atoms with van der Waals surface area (Å²) in [5.41, 5.74) is 2.54. The standard InChI is InChI=1S/C21H21N3O5/c1-13(21(27)23-16-9-7-15(8-10-16)22-14(2)25)28-20(26)12-11-19-24-17-5-3-4-6-18(17)29-19/h3-10,13H,11-12H2,1-2H3,(H,22,25)(H,23,27)/t13-/m0/s1. The number of fused-ring (bicyclic) bond motifs is 1. The summed E-state index contributed by atoms with van der Waals surface area (Å²) in [6.45, 7) is 2.91. The number of nitrogens with one attached hydrogen (secondary N) is 2. The zero-order chi connectivity index (χ0) is 20.8. The minimum absolute atomic E-state index is 0.0514. The van der Waals surface area contributed by atoms with Gasteiger partial charge in [0.1, 0.15) is 5.52 Å². The first-order valence-corrected chi connectivity index (χ1v) is 9.13. The fourth-order valence-electron chi connectivity index (χ4n) is 2.63. The van der Waals surface area contributed by atoms with Gasteiger partial charge in [-0.25, -0.2) is 4.98 Å². The van der Waals surface area contributed by atoms with Crippen LogP contribution in [-0.4, -0.2) is 28.9 Å². The molecule has 8 nitrogen and oxygen atoms in total. The summed E-state index contributed by atoms with van der Waals surface area (Å²) in [6.07, 6.45) is -0.622. The molecule has 1 atom stereocenters. The average Bonchev–Trinajstić information content (AvgIpc) is 3.10. The molecule has 0 spiro atoms. The smallest absolute Gasteiger partial charge is 0.307 e. The van der Waals surface area contributed by atoms with E-state index in [1.807, 2.05) is 18.2 Å². The highest BCUT2D eigenvalue weighted by molar-refractivity contribution is 5.95. The number of hydrogen-bond acceptors (Lipinski definition) is 6. The van der Waals surface area contributed by atoms with Gasteiger partial charge in [0.25, 0.3) is 5.91 Å². The van der Waals surface area contributed by atoms with E-state index in [2.05, 4.69) is 15.6 Å². The number of esters is 1. The highest BCUT2D eigenvalue weighted by Crippen LogP contribution is 2.16. The third-order valence-corrected chi connectivity index (χ3v) is 4.03. The highest BCUT2D eigenvalue weighted by Gasteiger charge is 2.18. The molecule has 3 rings (SSSR count). The van der Waals surface area contributed by atoms with Crippen LogP contribution >= 0.6 is 0 Å². The Labute approximate surface area is 167 Å². The van der Waals surface area contributed by atoms with Crippen LogP contribution in [0, 0.1) is 0 Å². The Kier molecular flexibility index (Phi) is 6.23. The van der Waals surface area contributed by atoms with Crippen molar-refractivity contribution < 1.29 is 23.5 Å². The van der Waals surface area contributed by atoms with Crippen molar-refractivity contribution >= 4 is 40.3 Å². The lowest BCUT2D eigenvalue weighted by molar-refractivity contribution is -0.153. The van der Waals surface area contributed by atoms with Crippen molar-refractivity contribution in [1.29, 1.82) is 0 Å². The molecular formula is C21H21N3O5. The van der Waals surface area contributed by atoms with Gasteiger partial charge in [0.05, 0.1) is 6.42 Å². The molecule has 2 aromatic carbocycles. The molecule has 1 heterocycles. The quantitative estimate of drug-likeness (QED) is 0.594. The molecule has 0 radical (unpaired) electrons. The number of aryl methyl sites for hydroxylation is 1. The van der Waals surface area contributed by atoms with Crippen LogP contribution in [0.3, 0.4) is 0 Å². The molecule has 0 bridgehead atoms. The van der Waals surface area contributed by atoms with Crippen molar-refractivity contribution in [3.63, 3.8) is 0 Å². The topological polar surface area (TPSA) is 111 Å². The Morgan fingerprint density at radius 1 is 1.03 bits per heavy atom. The van der Waals surface area contributed by atoms with E-state index >= 15 is 0 Å². The van der Waals surface area contributed by atoms with Crippen LogP contribution in [0.1, 0.15) is 26.2 Å². The van der Waals surface area contributed by atoms with E-state index in [0.717, 1.165) is 5.52 Å². The predicted octanol–water partition coefficient (Wildman–Crippen LogP) is 3.29. The number of para-hydroxylation sites is 2. The fourth-order valence-corrected chi connectivity index (χ4v) is 2.63. The molecule has 150 valence electrons. The van der Waals surface area contributed by atoms with Crippen LogP contribution in [-0.2, 0) is 25.5 Å². The number of hydrogen-bond donors (Lipinski definition) is 2. The summed E-state index contributed by atoms with van der Waals surface area (Å²) in [5, 5.41) is 5.30. The summed E-state index contributed by atoms with van der Waals surface area (Å²) >= 11 is 0. The predicted molar refractivity (Wildman–Crippen MR) is 107 cm³/mol. The monoisotopic (exact) mass is 395 g/mol. The van der Waals surface area contributed by atoms with Gasteiger partial charge in [-0.2, -0.15) is 0 Å². The van der Waals surface area contributed by atoms with Crippen LogP contribution < -0.4 is 10.6 Å². The second-order valence-corrected chi connectivity index (χ2v) is 6.46. The molecule has 3 aromatic rings. The number of rotatable bonds is 7. The van der Waals surface area contributed by atoms with Gasteiger partial charge in [0.15, 0.2) is 17.6 Å². The second-order valence-electron chi connectivity index (χ2n) is 6.46. The largest absolute Gasteiger partial charge is 0.453 e. The first-order valence-electron chi connectivity index (χ1n) is 9.13. The zero-order valence-electron chi connectivity index (χ0n) is 16.1.